The number of carbonyl (C=O) groups excluding carboxylic acids is 1. The molecule has 2 rings (SSSR count). The molecule has 1 heterocycles. The van der Waals surface area contributed by atoms with Crippen LogP contribution in [0.5, 0.6) is 0 Å². The highest BCUT2D eigenvalue weighted by Crippen LogP contribution is 2.33. The van der Waals surface area contributed by atoms with Crippen LogP contribution in [0, 0.1) is 5.92 Å². The number of carboxylic acid groups (broad SMARTS) is 1. The molecule has 4 nitrogen and oxygen atoms in total. The lowest BCUT2D eigenvalue weighted by Crippen LogP contribution is -2.30. The van der Waals surface area contributed by atoms with Crippen LogP contribution in [0.15, 0.2) is 23.1 Å². The third kappa shape index (κ3) is 3.67. The lowest BCUT2D eigenvalue weighted by atomic mass is 9.94. The van der Waals surface area contributed by atoms with Crippen LogP contribution in [0.2, 0.25) is 0 Å². The van der Waals surface area contributed by atoms with Gasteiger partial charge >= 0.3 is 5.97 Å². The molecule has 0 bridgehead atoms. The number of allylic oxidation sites excluding steroid dienone is 3. The summed E-state index contributed by atoms with van der Waals surface area (Å²) in [4.78, 5) is 24.7. The first-order chi connectivity index (χ1) is 9.08. The molecule has 0 aromatic carbocycles. The minimum atomic E-state index is -0.921. The van der Waals surface area contributed by atoms with E-state index < -0.39 is 5.97 Å². The van der Waals surface area contributed by atoms with Crippen molar-refractivity contribution in [2.75, 3.05) is 6.54 Å². The summed E-state index contributed by atoms with van der Waals surface area (Å²) in [7, 11) is 0. The molecule has 1 aliphatic carbocycles. The molecule has 1 unspecified atom stereocenters. The SMILES string of the molecule is O=C(O)CCN1C(=O)/C(=C/C2CC=CCC2)SC1=S. The largest absolute Gasteiger partial charge is 0.481 e. The first-order valence-corrected chi connectivity index (χ1v) is 7.42. The Morgan fingerprint density at radius 3 is 3.00 bits per heavy atom. The van der Waals surface area contributed by atoms with Gasteiger partial charge in [-0.15, -0.1) is 0 Å². The fraction of sp³-hybridized carbons (Fsp3) is 0.462. The van der Waals surface area contributed by atoms with Crippen LogP contribution in [0.4, 0.5) is 0 Å². The molecule has 0 spiro atoms. The second kappa shape index (κ2) is 6.34. The van der Waals surface area contributed by atoms with Gasteiger partial charge in [0.2, 0.25) is 0 Å². The third-order valence-corrected chi connectivity index (χ3v) is 4.52. The van der Waals surface area contributed by atoms with Crippen LogP contribution in [0.1, 0.15) is 25.7 Å². The van der Waals surface area contributed by atoms with Gasteiger partial charge in [-0.1, -0.05) is 42.2 Å². The van der Waals surface area contributed by atoms with Crippen molar-refractivity contribution < 1.29 is 14.7 Å². The Kier molecular flexibility index (Phi) is 4.76. The number of carbonyl (C=O) groups is 2. The number of carboxylic acids is 1. The molecular formula is C13H15NO3S2. The quantitative estimate of drug-likeness (QED) is 0.491. The standard InChI is InChI=1S/C13H15NO3S2/c15-11(16)6-7-14-12(17)10(19-13(14)18)8-9-4-2-1-3-5-9/h1-2,8-9H,3-7H2,(H,15,16)/b10-8-. The fourth-order valence-corrected chi connectivity index (χ4v) is 3.47. The molecule has 6 heteroatoms. The maximum Gasteiger partial charge on any atom is 0.305 e. The molecule has 1 N–H and O–H groups in total. The number of aliphatic carboxylic acids is 1. The summed E-state index contributed by atoms with van der Waals surface area (Å²) in [6.07, 6.45) is 9.25. The summed E-state index contributed by atoms with van der Waals surface area (Å²) >= 11 is 6.41. The smallest absolute Gasteiger partial charge is 0.305 e. The molecular weight excluding hydrogens is 282 g/mol. The normalized spacial score (nSPS) is 25.4. The number of thioether (sulfide) groups is 1. The number of amides is 1. The highest BCUT2D eigenvalue weighted by molar-refractivity contribution is 8.26. The van der Waals surface area contributed by atoms with Gasteiger partial charge in [-0.3, -0.25) is 14.5 Å². The predicted octanol–water partition coefficient (Wildman–Crippen LogP) is 2.56. The zero-order chi connectivity index (χ0) is 13.8. The van der Waals surface area contributed by atoms with E-state index in [4.69, 9.17) is 17.3 Å². The minimum absolute atomic E-state index is 0.0775. The van der Waals surface area contributed by atoms with Gasteiger partial charge in [0.1, 0.15) is 4.32 Å². The summed E-state index contributed by atoms with van der Waals surface area (Å²) in [6, 6.07) is 0. The van der Waals surface area contributed by atoms with E-state index in [0.29, 0.717) is 15.1 Å². The molecule has 1 amide bonds. The van der Waals surface area contributed by atoms with Crippen molar-refractivity contribution in [3.05, 3.63) is 23.1 Å². The van der Waals surface area contributed by atoms with Gasteiger partial charge in [0.15, 0.2) is 0 Å². The zero-order valence-corrected chi connectivity index (χ0v) is 12.0. The van der Waals surface area contributed by atoms with Crippen molar-refractivity contribution in [3.63, 3.8) is 0 Å². The molecule has 1 fully saturated rings. The Morgan fingerprint density at radius 2 is 2.37 bits per heavy atom. The molecule has 19 heavy (non-hydrogen) atoms. The predicted molar refractivity (Wildman–Crippen MR) is 78.7 cm³/mol. The second-order valence-electron chi connectivity index (χ2n) is 4.54. The van der Waals surface area contributed by atoms with E-state index in [1.54, 1.807) is 0 Å². The summed E-state index contributed by atoms with van der Waals surface area (Å²) < 4.78 is 0.462. The van der Waals surface area contributed by atoms with Gasteiger partial charge in [0.25, 0.3) is 5.91 Å². The van der Waals surface area contributed by atoms with Crippen molar-refractivity contribution >= 4 is 40.2 Å². The summed E-state index contributed by atoms with van der Waals surface area (Å²) in [5.74, 6) is -0.681. The first-order valence-electron chi connectivity index (χ1n) is 6.20. The molecule has 0 radical (unpaired) electrons. The molecule has 0 aromatic heterocycles. The van der Waals surface area contributed by atoms with Gasteiger partial charge in [0.05, 0.1) is 11.3 Å². The average molecular weight is 297 g/mol. The topological polar surface area (TPSA) is 57.6 Å². The van der Waals surface area contributed by atoms with E-state index in [1.807, 2.05) is 6.08 Å². The molecule has 1 saturated heterocycles. The maximum absolute atomic E-state index is 12.1. The van der Waals surface area contributed by atoms with E-state index in [1.165, 1.54) is 16.7 Å². The lowest BCUT2D eigenvalue weighted by Gasteiger charge is -2.14. The van der Waals surface area contributed by atoms with Gasteiger partial charge in [-0.2, -0.15) is 0 Å². The molecule has 0 aromatic rings. The van der Waals surface area contributed by atoms with Crippen LogP contribution in [-0.4, -0.2) is 32.7 Å². The third-order valence-electron chi connectivity index (χ3n) is 3.12. The Labute approximate surface area is 121 Å². The highest BCUT2D eigenvalue weighted by atomic mass is 32.2. The molecule has 1 aliphatic heterocycles. The molecule has 1 atom stereocenters. The Hall–Kier alpha value is -1.14. The summed E-state index contributed by atoms with van der Waals surface area (Å²) in [5, 5.41) is 8.66. The van der Waals surface area contributed by atoms with E-state index in [-0.39, 0.29) is 18.9 Å². The van der Waals surface area contributed by atoms with E-state index in [0.717, 1.165) is 19.3 Å². The summed E-state index contributed by atoms with van der Waals surface area (Å²) in [5.41, 5.74) is 0. The van der Waals surface area contributed by atoms with Gasteiger partial charge in [-0.25, -0.2) is 0 Å². The van der Waals surface area contributed by atoms with E-state index in [2.05, 4.69) is 12.2 Å². The molecule has 102 valence electrons. The van der Waals surface area contributed by atoms with Crippen molar-refractivity contribution in [1.29, 1.82) is 0 Å². The van der Waals surface area contributed by atoms with Crippen molar-refractivity contribution in [3.8, 4) is 0 Å². The van der Waals surface area contributed by atoms with Crippen LogP contribution in [-0.2, 0) is 9.59 Å². The number of hydrogen-bond donors (Lipinski definition) is 1. The molecule has 0 saturated carbocycles. The second-order valence-corrected chi connectivity index (χ2v) is 6.22. The zero-order valence-electron chi connectivity index (χ0n) is 10.4. The minimum Gasteiger partial charge on any atom is -0.481 e. The Balaban J connectivity index is 2.02. The average Bonchev–Trinajstić information content (AvgIpc) is 2.63. The van der Waals surface area contributed by atoms with Crippen molar-refractivity contribution in [1.82, 2.24) is 4.90 Å². The number of nitrogens with zero attached hydrogens (tertiary/aromatic N) is 1. The van der Waals surface area contributed by atoms with Crippen molar-refractivity contribution in [2.45, 2.75) is 25.7 Å². The van der Waals surface area contributed by atoms with Crippen LogP contribution >= 0.6 is 24.0 Å². The maximum atomic E-state index is 12.1. The van der Waals surface area contributed by atoms with Crippen LogP contribution in [0.3, 0.4) is 0 Å². The van der Waals surface area contributed by atoms with Gasteiger partial charge in [-0.05, 0) is 25.2 Å². The van der Waals surface area contributed by atoms with Crippen molar-refractivity contribution in [2.24, 2.45) is 5.92 Å². The van der Waals surface area contributed by atoms with Gasteiger partial charge < -0.3 is 5.11 Å². The first kappa shape index (κ1) is 14.3. The van der Waals surface area contributed by atoms with Crippen LogP contribution in [0.25, 0.3) is 0 Å². The van der Waals surface area contributed by atoms with Crippen LogP contribution < -0.4 is 0 Å². The number of thiocarbonyl (C=S) groups is 1. The fourth-order valence-electron chi connectivity index (χ4n) is 2.10. The lowest BCUT2D eigenvalue weighted by molar-refractivity contribution is -0.137. The summed E-state index contributed by atoms with van der Waals surface area (Å²) in [6.45, 7) is 0.155. The monoisotopic (exact) mass is 297 g/mol. The van der Waals surface area contributed by atoms with E-state index >= 15 is 0 Å². The Bertz CT molecular complexity index is 471. The highest BCUT2D eigenvalue weighted by Gasteiger charge is 2.32. The molecule has 2 aliphatic rings. The Morgan fingerprint density at radius 1 is 1.58 bits per heavy atom. The number of hydrogen-bond acceptors (Lipinski definition) is 4. The number of rotatable bonds is 4. The van der Waals surface area contributed by atoms with Gasteiger partial charge in [0, 0.05) is 6.54 Å². The van der Waals surface area contributed by atoms with E-state index in [9.17, 15) is 9.59 Å².